The predicted octanol–water partition coefficient (Wildman–Crippen LogP) is 0.552. The van der Waals surface area contributed by atoms with E-state index in [1.54, 1.807) is 26.2 Å². The number of hydrogen-bond donors (Lipinski definition) is 1. The van der Waals surface area contributed by atoms with Crippen LogP contribution in [0.15, 0.2) is 29.2 Å². The van der Waals surface area contributed by atoms with Crippen molar-refractivity contribution in [3.05, 3.63) is 29.8 Å². The maximum absolute atomic E-state index is 11.9. The van der Waals surface area contributed by atoms with E-state index in [1.807, 2.05) is 19.1 Å². The molecule has 0 spiro atoms. The molecule has 0 unspecified atom stereocenters. The molecule has 5 heteroatoms. The smallest absolute Gasteiger partial charge is 0.251 e. The van der Waals surface area contributed by atoms with Crippen LogP contribution < -0.4 is 0 Å². The number of hydrogen-bond acceptors (Lipinski definition) is 3. The minimum absolute atomic E-state index is 0.0694. The van der Waals surface area contributed by atoms with Crippen LogP contribution in [0.4, 0.5) is 0 Å². The van der Waals surface area contributed by atoms with Gasteiger partial charge in [-0.15, -0.1) is 0 Å². The molecular formula is C12H17NO3S. The van der Waals surface area contributed by atoms with Crippen molar-refractivity contribution in [1.82, 2.24) is 4.90 Å². The summed E-state index contributed by atoms with van der Waals surface area (Å²) in [6.45, 7) is 1.94. The molecule has 1 N–H and O–H groups in total. The number of carbonyl (C=O) groups excluding carboxylic acids is 1. The SMILES string of the molecule is Cc1ccc([S@](=O)C[13C@H](O)[13C](=O)N(C)C)cc1. The summed E-state index contributed by atoms with van der Waals surface area (Å²) in [5.74, 6) is -0.495. The number of benzene rings is 1. The standard InChI is InChI=1S/C12H17NO3S/c1-9-4-6-10(7-5-9)17(16)8-11(14)12(15)13(2)3/h4-7,11,14H,8H2,1-3H3/t11-,17+/m0/s1/i11+1,12+1. The maximum Gasteiger partial charge on any atom is 0.251 e. The highest BCUT2D eigenvalue weighted by Crippen LogP contribution is 2.09. The summed E-state index contributed by atoms with van der Waals surface area (Å²) in [6, 6.07) is 7.21. The molecule has 0 fully saturated rings. The lowest BCUT2D eigenvalue weighted by Crippen LogP contribution is -2.36. The van der Waals surface area contributed by atoms with Gasteiger partial charge in [-0.05, 0) is 19.1 Å². The molecule has 1 amide bonds. The van der Waals surface area contributed by atoms with Crippen LogP contribution in [-0.2, 0) is 15.6 Å². The highest BCUT2D eigenvalue weighted by atomic mass is 32.2. The topological polar surface area (TPSA) is 57.6 Å². The van der Waals surface area contributed by atoms with Crippen LogP contribution in [0.25, 0.3) is 0 Å². The van der Waals surface area contributed by atoms with Crippen LogP contribution in [0.5, 0.6) is 0 Å². The van der Waals surface area contributed by atoms with Crippen LogP contribution in [-0.4, -0.2) is 46.1 Å². The number of aliphatic hydroxyl groups is 1. The van der Waals surface area contributed by atoms with Gasteiger partial charge in [0, 0.05) is 19.0 Å². The lowest BCUT2D eigenvalue weighted by molar-refractivity contribution is -0.136. The van der Waals surface area contributed by atoms with Gasteiger partial charge in [-0.25, -0.2) is 0 Å². The first-order chi connectivity index (χ1) is 7.91. The van der Waals surface area contributed by atoms with Gasteiger partial charge in [0.15, 0.2) is 0 Å². The van der Waals surface area contributed by atoms with Crippen molar-refractivity contribution in [3.63, 3.8) is 0 Å². The number of aryl methyl sites for hydroxylation is 1. The molecule has 0 aliphatic rings. The van der Waals surface area contributed by atoms with E-state index in [0.29, 0.717) is 4.90 Å². The van der Waals surface area contributed by atoms with E-state index in [1.165, 1.54) is 4.90 Å². The minimum Gasteiger partial charge on any atom is -0.382 e. The number of carbonyl (C=O) groups is 1. The summed E-state index contributed by atoms with van der Waals surface area (Å²) in [7, 11) is 1.76. The molecule has 0 saturated carbocycles. The molecule has 0 saturated heterocycles. The number of nitrogens with zero attached hydrogens (tertiary/aromatic N) is 1. The van der Waals surface area contributed by atoms with Crippen molar-refractivity contribution >= 4 is 16.7 Å². The van der Waals surface area contributed by atoms with Crippen LogP contribution in [0, 0.1) is 6.92 Å². The summed E-state index contributed by atoms with van der Waals surface area (Å²) < 4.78 is 11.9. The first-order valence-electron chi connectivity index (χ1n) is 5.26. The average Bonchev–Trinajstić information content (AvgIpc) is 2.28. The lowest BCUT2D eigenvalue weighted by Gasteiger charge is -2.15. The van der Waals surface area contributed by atoms with E-state index in [-0.39, 0.29) is 5.75 Å². The first kappa shape index (κ1) is 13.9. The summed E-state index contributed by atoms with van der Waals surface area (Å²) in [4.78, 5) is 13.3. The van der Waals surface area contributed by atoms with Gasteiger partial charge in [-0.2, -0.15) is 0 Å². The maximum atomic E-state index is 11.9. The summed E-state index contributed by atoms with van der Waals surface area (Å²) >= 11 is 0. The molecule has 17 heavy (non-hydrogen) atoms. The van der Waals surface area contributed by atoms with Gasteiger partial charge in [0.1, 0.15) is 6.10 Å². The zero-order chi connectivity index (χ0) is 13.0. The third-order valence-corrected chi connectivity index (χ3v) is 3.74. The molecule has 0 aromatic heterocycles. The van der Waals surface area contributed by atoms with E-state index in [0.717, 1.165) is 5.56 Å². The summed E-state index contributed by atoms with van der Waals surface area (Å²) in [5.41, 5.74) is 1.08. The molecule has 0 heterocycles. The molecule has 94 valence electrons. The summed E-state index contributed by atoms with van der Waals surface area (Å²) in [6.07, 6.45) is -1.22. The molecule has 1 rings (SSSR count). The minimum atomic E-state index is -1.36. The largest absolute Gasteiger partial charge is 0.382 e. The van der Waals surface area contributed by atoms with E-state index >= 15 is 0 Å². The molecule has 4 nitrogen and oxygen atoms in total. The van der Waals surface area contributed by atoms with Crippen molar-refractivity contribution in [2.45, 2.75) is 17.9 Å². The van der Waals surface area contributed by atoms with Gasteiger partial charge >= 0.3 is 0 Å². The van der Waals surface area contributed by atoms with Gasteiger partial charge in [-0.1, -0.05) is 17.7 Å². The van der Waals surface area contributed by atoms with Gasteiger partial charge in [0.05, 0.1) is 16.6 Å². The average molecular weight is 257 g/mol. The monoisotopic (exact) mass is 257 g/mol. The molecule has 1 aromatic carbocycles. The Balaban J connectivity index is 2.66. The second-order valence-corrected chi connectivity index (χ2v) is 5.57. The van der Waals surface area contributed by atoms with Crippen molar-refractivity contribution in [2.75, 3.05) is 19.8 Å². The zero-order valence-corrected chi connectivity index (χ0v) is 11.0. The number of likely N-dealkylation sites (N-methyl/N-ethyl adjacent to an activating group) is 1. The fourth-order valence-electron chi connectivity index (χ4n) is 1.30. The fourth-order valence-corrected chi connectivity index (χ4v) is 2.36. The molecule has 1 aromatic rings. The van der Waals surface area contributed by atoms with Crippen LogP contribution in [0.1, 0.15) is 5.56 Å². The number of rotatable bonds is 4. The zero-order valence-electron chi connectivity index (χ0n) is 10.2. The van der Waals surface area contributed by atoms with Gasteiger partial charge in [0.2, 0.25) is 0 Å². The van der Waals surface area contributed by atoms with Crippen LogP contribution in [0.3, 0.4) is 0 Å². The molecule has 0 aliphatic carbocycles. The van der Waals surface area contributed by atoms with Crippen molar-refractivity contribution < 1.29 is 14.1 Å². The highest BCUT2D eigenvalue weighted by Gasteiger charge is 2.20. The van der Waals surface area contributed by atoms with E-state index in [9.17, 15) is 14.1 Å². The highest BCUT2D eigenvalue weighted by molar-refractivity contribution is 7.85. The quantitative estimate of drug-likeness (QED) is 0.801. The van der Waals surface area contributed by atoms with E-state index in [2.05, 4.69) is 0 Å². The Labute approximate surface area is 104 Å². The Morgan fingerprint density at radius 1 is 1.35 bits per heavy atom. The third kappa shape index (κ3) is 3.94. The second-order valence-electron chi connectivity index (χ2n) is 4.07. The van der Waals surface area contributed by atoms with Gasteiger partial charge in [-0.3, -0.25) is 9.00 Å². The Hall–Kier alpha value is -1.20. The third-order valence-electron chi connectivity index (χ3n) is 2.32. The summed E-state index contributed by atoms with van der Waals surface area (Å²) in [5, 5.41) is 9.59. The van der Waals surface area contributed by atoms with Gasteiger partial charge < -0.3 is 10.0 Å². The second kappa shape index (κ2) is 5.93. The molecule has 0 bridgehead atoms. The lowest BCUT2D eigenvalue weighted by atomic mass is 10.2. The molecule has 2 atom stereocenters. The van der Waals surface area contributed by atoms with Crippen molar-refractivity contribution in [2.24, 2.45) is 0 Å². The molecular weight excluding hydrogens is 240 g/mol. The van der Waals surface area contributed by atoms with Crippen molar-refractivity contribution in [3.8, 4) is 0 Å². The number of amides is 1. The van der Waals surface area contributed by atoms with Crippen molar-refractivity contribution in [1.29, 1.82) is 0 Å². The molecule has 0 aliphatic heterocycles. The normalized spacial score (nSPS) is 14.1. The Morgan fingerprint density at radius 3 is 2.35 bits per heavy atom. The van der Waals surface area contributed by atoms with E-state index in [4.69, 9.17) is 0 Å². The molecule has 0 radical (unpaired) electrons. The Kier molecular flexibility index (Phi) is 4.84. The number of aliphatic hydroxyl groups excluding tert-OH is 1. The van der Waals surface area contributed by atoms with E-state index < -0.39 is 22.8 Å². The first-order valence-corrected chi connectivity index (χ1v) is 6.58. The Bertz CT molecular complexity index is 414. The van der Waals surface area contributed by atoms with Gasteiger partial charge in [0.25, 0.3) is 5.91 Å². The fraction of sp³-hybridized carbons (Fsp3) is 0.417. The predicted molar refractivity (Wildman–Crippen MR) is 67.2 cm³/mol. The van der Waals surface area contributed by atoms with Crippen LogP contribution >= 0.6 is 0 Å². The van der Waals surface area contributed by atoms with Crippen LogP contribution in [0.2, 0.25) is 0 Å². The Morgan fingerprint density at radius 2 is 1.88 bits per heavy atom.